The van der Waals surface area contributed by atoms with Crippen molar-refractivity contribution in [2.24, 2.45) is 0 Å². The number of amides is 2. The fraction of sp³-hybridized carbons (Fsp3) is 0.407. The summed E-state index contributed by atoms with van der Waals surface area (Å²) in [6, 6.07) is 12.5. The van der Waals surface area contributed by atoms with Crippen molar-refractivity contribution >= 4 is 32.6 Å². The molecule has 1 aliphatic heterocycles. The van der Waals surface area contributed by atoms with E-state index in [1.54, 1.807) is 43.1 Å². The number of piperidine rings is 1. The summed E-state index contributed by atoms with van der Waals surface area (Å²) in [5.74, 6) is -0.0891. The highest BCUT2D eigenvalue weighted by Gasteiger charge is 2.25. The van der Waals surface area contributed by atoms with Crippen LogP contribution in [0, 0.1) is 0 Å². The van der Waals surface area contributed by atoms with E-state index in [2.05, 4.69) is 5.32 Å². The third kappa shape index (κ3) is 6.25. The number of nitrogens with zero attached hydrogens (tertiary/aromatic N) is 2. The molecule has 0 bridgehead atoms. The number of hydrogen-bond acceptors (Lipinski definition) is 6. The van der Waals surface area contributed by atoms with Gasteiger partial charge in [-0.25, -0.2) is 8.42 Å². The van der Waals surface area contributed by atoms with E-state index < -0.39 is 21.5 Å². The van der Waals surface area contributed by atoms with E-state index in [9.17, 15) is 18.0 Å². The summed E-state index contributed by atoms with van der Waals surface area (Å²) >= 11 is 0. The van der Waals surface area contributed by atoms with Crippen molar-refractivity contribution in [1.29, 1.82) is 0 Å². The SMILES string of the molecule is COc1ccc(CCNC(=O)CS(=O)(=O)c2cn(CC(=O)N3CCCCC3)c3ccccc23)cc1OC. The average Bonchev–Trinajstić information content (AvgIpc) is 3.28. The zero-order valence-corrected chi connectivity index (χ0v) is 22.1. The van der Waals surface area contributed by atoms with Gasteiger partial charge in [-0.3, -0.25) is 9.59 Å². The summed E-state index contributed by atoms with van der Waals surface area (Å²) in [7, 11) is -0.827. The number of nitrogens with one attached hydrogen (secondary N) is 1. The van der Waals surface area contributed by atoms with Crippen LogP contribution in [0.15, 0.2) is 53.6 Å². The summed E-state index contributed by atoms with van der Waals surface area (Å²) < 4.78 is 38.7. The predicted octanol–water partition coefficient (Wildman–Crippen LogP) is 2.80. The minimum absolute atomic E-state index is 0.0303. The predicted molar refractivity (Wildman–Crippen MR) is 141 cm³/mol. The molecule has 4 rings (SSSR count). The van der Waals surface area contributed by atoms with Crippen LogP contribution in [-0.2, 0) is 32.4 Å². The van der Waals surface area contributed by atoms with E-state index in [0.29, 0.717) is 28.8 Å². The van der Waals surface area contributed by atoms with Crippen molar-refractivity contribution in [3.63, 3.8) is 0 Å². The van der Waals surface area contributed by atoms with Crippen LogP contribution in [0.3, 0.4) is 0 Å². The molecule has 9 nitrogen and oxygen atoms in total. The number of benzene rings is 2. The number of para-hydroxylation sites is 1. The van der Waals surface area contributed by atoms with E-state index in [0.717, 1.165) is 37.9 Å². The lowest BCUT2D eigenvalue weighted by Crippen LogP contribution is -2.37. The van der Waals surface area contributed by atoms with Crippen LogP contribution < -0.4 is 14.8 Å². The number of aromatic nitrogens is 1. The maximum atomic E-state index is 13.2. The minimum atomic E-state index is -3.93. The van der Waals surface area contributed by atoms with Gasteiger partial charge in [0.1, 0.15) is 12.3 Å². The lowest BCUT2D eigenvalue weighted by Gasteiger charge is -2.27. The number of rotatable bonds is 10. The Balaban J connectivity index is 1.43. The largest absolute Gasteiger partial charge is 0.493 e. The Morgan fingerprint density at radius 2 is 1.70 bits per heavy atom. The second kappa shape index (κ2) is 11.7. The molecule has 1 aliphatic rings. The molecule has 2 aromatic carbocycles. The van der Waals surface area contributed by atoms with Crippen LogP contribution in [0.2, 0.25) is 0 Å². The lowest BCUT2D eigenvalue weighted by atomic mass is 10.1. The number of fused-ring (bicyclic) bond motifs is 1. The van der Waals surface area contributed by atoms with Crippen LogP contribution in [0.5, 0.6) is 11.5 Å². The summed E-state index contributed by atoms with van der Waals surface area (Å²) in [4.78, 5) is 27.3. The Kier molecular flexibility index (Phi) is 8.38. The Bertz CT molecular complexity index is 1380. The quantitative estimate of drug-likeness (QED) is 0.435. The topological polar surface area (TPSA) is 107 Å². The number of sulfone groups is 1. The molecule has 37 heavy (non-hydrogen) atoms. The monoisotopic (exact) mass is 527 g/mol. The molecule has 1 aromatic heterocycles. The Labute approximate surface area is 217 Å². The molecule has 2 heterocycles. The standard InChI is InChI=1S/C27H33N3O6S/c1-35-23-11-10-20(16-24(23)36-2)12-13-28-26(31)19-37(33,34)25-17-30(22-9-5-4-8-21(22)25)18-27(32)29-14-6-3-7-15-29/h4-5,8-11,16-17H,3,6-7,12-15,18-19H2,1-2H3,(H,28,31). The fourth-order valence-corrected chi connectivity index (χ4v) is 6.06. The van der Waals surface area contributed by atoms with Gasteiger partial charge in [0.25, 0.3) is 0 Å². The first-order chi connectivity index (χ1) is 17.8. The van der Waals surface area contributed by atoms with Crippen molar-refractivity contribution in [2.45, 2.75) is 37.1 Å². The molecule has 1 fully saturated rings. The first-order valence-corrected chi connectivity index (χ1v) is 14.0. The number of ether oxygens (including phenoxy) is 2. The number of hydrogen-bond donors (Lipinski definition) is 1. The van der Waals surface area contributed by atoms with Gasteiger partial charge in [0.2, 0.25) is 11.8 Å². The molecule has 1 N–H and O–H groups in total. The summed E-state index contributed by atoms with van der Waals surface area (Å²) in [6.45, 7) is 1.79. The molecule has 1 saturated heterocycles. The number of carbonyl (C=O) groups is 2. The Hall–Kier alpha value is -3.53. The number of methoxy groups -OCH3 is 2. The van der Waals surface area contributed by atoms with Crippen LogP contribution in [0.25, 0.3) is 10.9 Å². The van der Waals surface area contributed by atoms with Crippen molar-refractivity contribution in [3.05, 3.63) is 54.2 Å². The number of carbonyl (C=O) groups excluding carboxylic acids is 2. The maximum absolute atomic E-state index is 13.2. The Morgan fingerprint density at radius 3 is 2.43 bits per heavy atom. The van der Waals surface area contributed by atoms with Gasteiger partial charge in [-0.1, -0.05) is 24.3 Å². The third-order valence-corrected chi connectivity index (χ3v) is 8.24. The summed E-state index contributed by atoms with van der Waals surface area (Å²) in [5.41, 5.74) is 1.57. The second-order valence-corrected chi connectivity index (χ2v) is 11.1. The summed E-state index contributed by atoms with van der Waals surface area (Å²) in [6.07, 6.45) is 5.08. The Morgan fingerprint density at radius 1 is 0.973 bits per heavy atom. The second-order valence-electron chi connectivity index (χ2n) is 9.13. The van der Waals surface area contributed by atoms with Gasteiger partial charge in [0, 0.05) is 36.7 Å². The molecule has 198 valence electrons. The van der Waals surface area contributed by atoms with Crippen LogP contribution in [-0.4, -0.2) is 69.3 Å². The third-order valence-electron chi connectivity index (χ3n) is 6.61. The highest BCUT2D eigenvalue weighted by molar-refractivity contribution is 7.92. The normalized spacial score (nSPS) is 13.9. The zero-order valence-electron chi connectivity index (χ0n) is 21.2. The molecular weight excluding hydrogens is 494 g/mol. The van der Waals surface area contributed by atoms with Gasteiger partial charge in [0.05, 0.1) is 19.1 Å². The van der Waals surface area contributed by atoms with E-state index in [1.165, 1.54) is 6.20 Å². The zero-order chi connectivity index (χ0) is 26.4. The van der Waals surface area contributed by atoms with Gasteiger partial charge in [-0.05, 0) is 49.4 Å². The molecule has 0 saturated carbocycles. The molecular formula is C27H33N3O6S. The minimum Gasteiger partial charge on any atom is -0.493 e. The molecule has 0 radical (unpaired) electrons. The molecule has 2 amide bonds. The number of likely N-dealkylation sites (tertiary alicyclic amines) is 1. The van der Waals surface area contributed by atoms with Crippen molar-refractivity contribution in [1.82, 2.24) is 14.8 Å². The van der Waals surface area contributed by atoms with Gasteiger partial charge in [-0.15, -0.1) is 0 Å². The van der Waals surface area contributed by atoms with Crippen molar-refractivity contribution in [3.8, 4) is 11.5 Å². The van der Waals surface area contributed by atoms with Gasteiger partial charge < -0.3 is 24.3 Å². The van der Waals surface area contributed by atoms with E-state index in [1.807, 2.05) is 23.1 Å². The average molecular weight is 528 g/mol. The van der Waals surface area contributed by atoms with Gasteiger partial charge in [-0.2, -0.15) is 0 Å². The molecule has 10 heteroatoms. The van der Waals surface area contributed by atoms with Gasteiger partial charge in [0.15, 0.2) is 21.3 Å². The maximum Gasteiger partial charge on any atom is 0.242 e. The first kappa shape index (κ1) is 26.5. The molecule has 0 aliphatic carbocycles. The van der Waals surface area contributed by atoms with E-state index >= 15 is 0 Å². The molecule has 0 spiro atoms. The highest BCUT2D eigenvalue weighted by atomic mass is 32.2. The summed E-state index contributed by atoms with van der Waals surface area (Å²) in [5, 5.41) is 3.20. The highest BCUT2D eigenvalue weighted by Crippen LogP contribution is 2.28. The van der Waals surface area contributed by atoms with Crippen LogP contribution in [0.4, 0.5) is 0 Å². The lowest BCUT2D eigenvalue weighted by molar-refractivity contribution is -0.132. The molecule has 3 aromatic rings. The van der Waals surface area contributed by atoms with E-state index in [-0.39, 0.29) is 23.9 Å². The smallest absolute Gasteiger partial charge is 0.242 e. The van der Waals surface area contributed by atoms with Crippen molar-refractivity contribution in [2.75, 3.05) is 39.6 Å². The van der Waals surface area contributed by atoms with Crippen molar-refractivity contribution < 1.29 is 27.5 Å². The first-order valence-electron chi connectivity index (χ1n) is 12.4. The van der Waals surface area contributed by atoms with Crippen LogP contribution >= 0.6 is 0 Å². The molecule has 0 unspecified atom stereocenters. The van der Waals surface area contributed by atoms with Crippen LogP contribution in [0.1, 0.15) is 24.8 Å². The van der Waals surface area contributed by atoms with Gasteiger partial charge >= 0.3 is 0 Å². The fourth-order valence-electron chi connectivity index (χ4n) is 4.66. The molecule has 0 atom stereocenters. The van der Waals surface area contributed by atoms with E-state index in [4.69, 9.17) is 9.47 Å².